The number of esters is 1. The summed E-state index contributed by atoms with van der Waals surface area (Å²) in [5.74, 6) is -0.360. The Morgan fingerprint density at radius 1 is 1.32 bits per heavy atom. The van der Waals surface area contributed by atoms with Crippen molar-refractivity contribution in [1.29, 1.82) is 0 Å². The quantitative estimate of drug-likeness (QED) is 0.619. The number of amides is 1. The van der Waals surface area contributed by atoms with E-state index in [4.69, 9.17) is 4.74 Å². The molecule has 1 fully saturated rings. The lowest BCUT2D eigenvalue weighted by Gasteiger charge is -2.40. The van der Waals surface area contributed by atoms with Gasteiger partial charge in [0.2, 0.25) is 5.91 Å². The first-order valence-electron chi connectivity index (χ1n) is 6.43. The van der Waals surface area contributed by atoms with Gasteiger partial charge in [0.15, 0.2) is 0 Å². The van der Waals surface area contributed by atoms with E-state index in [2.05, 4.69) is 0 Å². The highest BCUT2D eigenvalue weighted by molar-refractivity contribution is 5.87. The maximum atomic E-state index is 11.8. The molecule has 1 aliphatic heterocycles. The highest BCUT2D eigenvalue weighted by Crippen LogP contribution is 2.34. The Balaban J connectivity index is 1.99. The third-order valence-electron chi connectivity index (χ3n) is 2.97. The molecule has 1 saturated heterocycles. The molecule has 4 heteroatoms. The van der Waals surface area contributed by atoms with E-state index in [1.54, 1.807) is 4.90 Å². The van der Waals surface area contributed by atoms with Crippen LogP contribution in [-0.2, 0) is 14.3 Å². The number of benzene rings is 1. The van der Waals surface area contributed by atoms with E-state index < -0.39 is 5.60 Å². The van der Waals surface area contributed by atoms with Crippen LogP contribution in [-0.4, -0.2) is 28.9 Å². The Kier molecular flexibility index (Phi) is 3.60. The second-order valence-corrected chi connectivity index (χ2v) is 5.74. The second-order valence-electron chi connectivity index (χ2n) is 5.74. The van der Waals surface area contributed by atoms with Gasteiger partial charge in [0.1, 0.15) is 12.1 Å². The van der Waals surface area contributed by atoms with Gasteiger partial charge in [-0.2, -0.15) is 0 Å². The van der Waals surface area contributed by atoms with E-state index in [9.17, 15) is 9.59 Å². The smallest absolute Gasteiger partial charge is 0.326 e. The minimum Gasteiger partial charge on any atom is -0.459 e. The molecule has 4 nitrogen and oxygen atoms in total. The van der Waals surface area contributed by atoms with Gasteiger partial charge in [-0.3, -0.25) is 9.59 Å². The zero-order chi connectivity index (χ0) is 14.0. The zero-order valence-corrected chi connectivity index (χ0v) is 11.6. The fourth-order valence-corrected chi connectivity index (χ4v) is 2.14. The first kappa shape index (κ1) is 13.6. The van der Waals surface area contributed by atoms with Crippen LogP contribution in [0.3, 0.4) is 0 Å². The van der Waals surface area contributed by atoms with E-state index >= 15 is 0 Å². The van der Waals surface area contributed by atoms with Gasteiger partial charge in [0.25, 0.3) is 0 Å². The Labute approximate surface area is 113 Å². The molecular formula is C15H19NO3. The normalized spacial score (nSPS) is 19.0. The second kappa shape index (κ2) is 5.03. The molecule has 1 aromatic carbocycles. The van der Waals surface area contributed by atoms with Gasteiger partial charge < -0.3 is 9.64 Å². The van der Waals surface area contributed by atoms with Crippen molar-refractivity contribution in [3.05, 3.63) is 35.9 Å². The summed E-state index contributed by atoms with van der Waals surface area (Å²) in [5, 5.41) is 0. The van der Waals surface area contributed by atoms with Gasteiger partial charge in [-0.25, -0.2) is 0 Å². The number of hydrogen-bond donors (Lipinski definition) is 0. The summed E-state index contributed by atoms with van der Waals surface area (Å²) in [6, 6.07) is 9.75. The van der Waals surface area contributed by atoms with E-state index in [0.717, 1.165) is 5.56 Å². The average Bonchev–Trinajstić information content (AvgIpc) is 2.32. The molecule has 102 valence electrons. The molecule has 0 aromatic heterocycles. The number of carbonyl (C=O) groups excluding carboxylic acids is 2. The number of nitrogens with zero attached hydrogens (tertiary/aromatic N) is 1. The maximum absolute atomic E-state index is 11.8. The van der Waals surface area contributed by atoms with Crippen molar-refractivity contribution in [1.82, 2.24) is 4.90 Å². The Morgan fingerprint density at radius 2 is 1.95 bits per heavy atom. The number of hydrogen-bond acceptors (Lipinski definition) is 3. The predicted octanol–water partition coefficient (Wildman–Crippen LogP) is 2.30. The van der Waals surface area contributed by atoms with Gasteiger partial charge in [-0.1, -0.05) is 30.3 Å². The van der Waals surface area contributed by atoms with Crippen LogP contribution in [0.5, 0.6) is 0 Å². The molecule has 0 saturated carbocycles. The molecule has 1 heterocycles. The lowest BCUT2D eigenvalue weighted by Crippen LogP contribution is -2.49. The third-order valence-corrected chi connectivity index (χ3v) is 2.97. The molecule has 0 spiro atoms. The zero-order valence-electron chi connectivity index (χ0n) is 11.6. The molecule has 1 unspecified atom stereocenters. The molecule has 1 atom stereocenters. The monoisotopic (exact) mass is 261 g/mol. The minimum absolute atomic E-state index is 0.000266. The van der Waals surface area contributed by atoms with Crippen molar-refractivity contribution in [2.45, 2.75) is 38.8 Å². The van der Waals surface area contributed by atoms with E-state index in [1.165, 1.54) is 0 Å². The lowest BCUT2D eigenvalue weighted by molar-refractivity contribution is -0.165. The molecule has 1 aromatic rings. The van der Waals surface area contributed by atoms with Crippen LogP contribution in [0.4, 0.5) is 0 Å². The van der Waals surface area contributed by atoms with Crippen LogP contribution in [0.15, 0.2) is 30.3 Å². The van der Waals surface area contributed by atoms with Crippen LogP contribution in [0.2, 0.25) is 0 Å². The van der Waals surface area contributed by atoms with Crippen molar-refractivity contribution in [2.24, 2.45) is 0 Å². The van der Waals surface area contributed by atoms with Crippen molar-refractivity contribution < 1.29 is 14.3 Å². The molecule has 0 bridgehead atoms. The SMILES string of the molecule is CC(C)(C)OC(=O)CN1C(=O)CC1c1ccccc1. The van der Waals surface area contributed by atoms with Crippen LogP contribution in [0, 0.1) is 0 Å². The minimum atomic E-state index is -0.521. The van der Waals surface area contributed by atoms with E-state index in [-0.39, 0.29) is 24.5 Å². The third kappa shape index (κ3) is 3.34. The fraction of sp³-hybridized carbons (Fsp3) is 0.467. The van der Waals surface area contributed by atoms with Crippen molar-refractivity contribution in [3.63, 3.8) is 0 Å². The standard InChI is InChI=1S/C15H19NO3/c1-15(2,3)19-14(18)10-16-12(9-13(16)17)11-7-5-4-6-8-11/h4-8,12H,9-10H2,1-3H3. The Hall–Kier alpha value is -1.84. The summed E-state index contributed by atoms with van der Waals surface area (Å²) < 4.78 is 5.24. The first-order valence-corrected chi connectivity index (χ1v) is 6.43. The molecule has 0 N–H and O–H groups in total. The molecule has 1 aliphatic rings. The average molecular weight is 261 g/mol. The Morgan fingerprint density at radius 3 is 2.47 bits per heavy atom. The summed E-state index contributed by atoms with van der Waals surface area (Å²) >= 11 is 0. The van der Waals surface area contributed by atoms with Gasteiger partial charge in [-0.15, -0.1) is 0 Å². The molecule has 0 aliphatic carbocycles. The Bertz CT molecular complexity index is 476. The summed E-state index contributed by atoms with van der Waals surface area (Å²) in [6.07, 6.45) is 0.465. The summed E-state index contributed by atoms with van der Waals surface area (Å²) in [5.41, 5.74) is 0.540. The topological polar surface area (TPSA) is 46.6 Å². The summed E-state index contributed by atoms with van der Waals surface area (Å²) in [7, 11) is 0. The van der Waals surface area contributed by atoms with Crippen molar-refractivity contribution >= 4 is 11.9 Å². The highest BCUT2D eigenvalue weighted by atomic mass is 16.6. The van der Waals surface area contributed by atoms with Crippen LogP contribution in [0.1, 0.15) is 38.8 Å². The van der Waals surface area contributed by atoms with Crippen molar-refractivity contribution in [2.75, 3.05) is 6.54 Å². The van der Waals surface area contributed by atoms with Crippen LogP contribution >= 0.6 is 0 Å². The summed E-state index contributed by atoms with van der Waals surface area (Å²) in [4.78, 5) is 25.0. The van der Waals surface area contributed by atoms with Crippen LogP contribution < -0.4 is 0 Å². The molecule has 0 radical (unpaired) electrons. The summed E-state index contributed by atoms with van der Waals surface area (Å²) in [6.45, 7) is 5.47. The van der Waals surface area contributed by atoms with Crippen molar-refractivity contribution in [3.8, 4) is 0 Å². The van der Waals surface area contributed by atoms with Gasteiger partial charge in [-0.05, 0) is 26.3 Å². The highest BCUT2D eigenvalue weighted by Gasteiger charge is 2.38. The molecular weight excluding hydrogens is 242 g/mol. The first-order chi connectivity index (χ1) is 8.87. The lowest BCUT2D eigenvalue weighted by atomic mass is 9.94. The number of carbonyl (C=O) groups is 2. The largest absolute Gasteiger partial charge is 0.459 e. The number of likely N-dealkylation sites (tertiary alicyclic amines) is 1. The fourth-order valence-electron chi connectivity index (χ4n) is 2.14. The maximum Gasteiger partial charge on any atom is 0.326 e. The number of rotatable bonds is 3. The van der Waals surface area contributed by atoms with Crippen LogP contribution in [0.25, 0.3) is 0 Å². The molecule has 19 heavy (non-hydrogen) atoms. The molecule has 1 amide bonds. The molecule has 2 rings (SSSR count). The predicted molar refractivity (Wildman–Crippen MR) is 71.4 cm³/mol. The number of β-lactam (4-membered cyclic amide) rings is 1. The van der Waals surface area contributed by atoms with E-state index in [1.807, 2.05) is 51.1 Å². The van der Waals surface area contributed by atoms with Gasteiger partial charge in [0.05, 0.1) is 12.5 Å². The van der Waals surface area contributed by atoms with E-state index in [0.29, 0.717) is 6.42 Å². The number of ether oxygens (including phenoxy) is 1. The van der Waals surface area contributed by atoms with Gasteiger partial charge in [0, 0.05) is 0 Å². The van der Waals surface area contributed by atoms with Gasteiger partial charge >= 0.3 is 5.97 Å².